The van der Waals surface area contributed by atoms with E-state index in [4.69, 9.17) is 5.11 Å². The lowest BCUT2D eigenvalue weighted by molar-refractivity contribution is -0.141. The average molecular weight is 277 g/mol. The van der Waals surface area contributed by atoms with E-state index in [2.05, 4.69) is 12.2 Å². The molecule has 3 rings (SSSR count). The fourth-order valence-electron chi connectivity index (χ4n) is 3.86. The van der Waals surface area contributed by atoms with Crippen LogP contribution < -0.4 is 0 Å². The van der Waals surface area contributed by atoms with Crippen molar-refractivity contribution in [2.24, 2.45) is 29.6 Å². The van der Waals surface area contributed by atoms with Gasteiger partial charge in [-0.15, -0.1) is 0 Å². The summed E-state index contributed by atoms with van der Waals surface area (Å²) in [7, 11) is 0. The number of hydrogen-bond donors (Lipinski definition) is 1. The van der Waals surface area contributed by atoms with Crippen LogP contribution >= 0.6 is 0 Å². The zero-order valence-corrected chi connectivity index (χ0v) is 11.5. The number of likely N-dealkylation sites (tertiary alicyclic amines) is 1. The Kier molecular flexibility index (Phi) is 3.15. The molecule has 2 fully saturated rings. The number of amides is 2. The summed E-state index contributed by atoms with van der Waals surface area (Å²) in [5.41, 5.74) is 0. The maximum absolute atomic E-state index is 12.4. The van der Waals surface area contributed by atoms with Gasteiger partial charge in [0.1, 0.15) is 0 Å². The molecule has 2 bridgehead atoms. The summed E-state index contributed by atoms with van der Waals surface area (Å²) in [6.07, 6.45) is 6.15. The Morgan fingerprint density at radius 2 is 1.85 bits per heavy atom. The van der Waals surface area contributed by atoms with Gasteiger partial charge in [-0.2, -0.15) is 0 Å². The topological polar surface area (TPSA) is 74.7 Å². The van der Waals surface area contributed by atoms with E-state index in [1.165, 1.54) is 4.90 Å². The normalized spacial score (nSPS) is 35.8. The quantitative estimate of drug-likeness (QED) is 0.607. The van der Waals surface area contributed by atoms with Crippen LogP contribution in [-0.2, 0) is 14.4 Å². The highest BCUT2D eigenvalue weighted by Crippen LogP contribution is 2.52. The first-order valence-electron chi connectivity index (χ1n) is 7.27. The first kappa shape index (κ1) is 13.3. The van der Waals surface area contributed by atoms with Gasteiger partial charge < -0.3 is 5.11 Å². The van der Waals surface area contributed by atoms with E-state index in [0.29, 0.717) is 19.4 Å². The highest BCUT2D eigenvalue weighted by molar-refractivity contribution is 6.06. The van der Waals surface area contributed by atoms with Crippen LogP contribution in [0.5, 0.6) is 0 Å². The summed E-state index contributed by atoms with van der Waals surface area (Å²) in [6, 6.07) is 0. The molecule has 0 radical (unpaired) electrons. The van der Waals surface area contributed by atoms with E-state index in [1.807, 2.05) is 0 Å². The molecule has 0 spiro atoms. The molecule has 3 aliphatic rings. The van der Waals surface area contributed by atoms with Crippen molar-refractivity contribution in [3.8, 4) is 0 Å². The number of carboxylic acid groups (broad SMARTS) is 1. The first-order chi connectivity index (χ1) is 9.50. The summed E-state index contributed by atoms with van der Waals surface area (Å²) >= 11 is 0. The number of nitrogens with zero attached hydrogens (tertiary/aromatic N) is 1. The Bertz CT molecular complexity index is 468. The number of aliphatic carboxylic acids is 1. The van der Waals surface area contributed by atoms with Crippen LogP contribution in [0.2, 0.25) is 0 Å². The second-order valence-electron chi connectivity index (χ2n) is 6.21. The zero-order valence-electron chi connectivity index (χ0n) is 11.5. The maximum Gasteiger partial charge on any atom is 0.306 e. The third-order valence-corrected chi connectivity index (χ3v) is 5.00. The lowest BCUT2D eigenvalue weighted by Crippen LogP contribution is -2.34. The fraction of sp³-hybridized carbons (Fsp3) is 0.667. The first-order valence-corrected chi connectivity index (χ1v) is 7.27. The fourth-order valence-corrected chi connectivity index (χ4v) is 3.86. The molecule has 5 atom stereocenters. The lowest BCUT2D eigenvalue weighted by atomic mass is 9.85. The van der Waals surface area contributed by atoms with Crippen LogP contribution in [0.1, 0.15) is 26.2 Å². The molecule has 1 heterocycles. The minimum Gasteiger partial charge on any atom is -0.481 e. The van der Waals surface area contributed by atoms with Gasteiger partial charge in [-0.05, 0) is 31.1 Å². The van der Waals surface area contributed by atoms with Crippen LogP contribution in [-0.4, -0.2) is 34.3 Å². The summed E-state index contributed by atoms with van der Waals surface area (Å²) in [5.74, 6) is -1.15. The van der Waals surface area contributed by atoms with E-state index in [-0.39, 0.29) is 35.5 Å². The molecule has 5 unspecified atom stereocenters. The molecule has 1 saturated carbocycles. The summed E-state index contributed by atoms with van der Waals surface area (Å²) in [4.78, 5) is 36.8. The Morgan fingerprint density at radius 3 is 2.35 bits per heavy atom. The molecule has 1 saturated heterocycles. The van der Waals surface area contributed by atoms with Crippen molar-refractivity contribution in [3.63, 3.8) is 0 Å². The number of imide groups is 1. The van der Waals surface area contributed by atoms with Crippen LogP contribution in [0.25, 0.3) is 0 Å². The van der Waals surface area contributed by atoms with Gasteiger partial charge in [0.25, 0.3) is 0 Å². The molecule has 2 amide bonds. The summed E-state index contributed by atoms with van der Waals surface area (Å²) in [6.45, 7) is 2.01. The van der Waals surface area contributed by atoms with Gasteiger partial charge in [0.05, 0.1) is 17.8 Å². The van der Waals surface area contributed by atoms with Crippen molar-refractivity contribution in [2.45, 2.75) is 26.2 Å². The highest BCUT2D eigenvalue weighted by atomic mass is 16.4. The molecular formula is C15H19NO4. The standard InChI is InChI=1S/C15H19NO4/c1-8(15(19)20)3-2-6-16-13(17)11-9-4-5-10(7-9)12(11)14(16)18/h4-5,8-12H,2-3,6-7H2,1H3,(H,19,20). The second kappa shape index (κ2) is 4.72. The second-order valence-corrected chi connectivity index (χ2v) is 6.21. The largest absolute Gasteiger partial charge is 0.481 e. The zero-order chi connectivity index (χ0) is 14.4. The summed E-state index contributed by atoms with van der Waals surface area (Å²) in [5, 5.41) is 8.83. The monoisotopic (exact) mass is 277 g/mol. The molecule has 1 aliphatic heterocycles. The van der Waals surface area contributed by atoms with Gasteiger partial charge >= 0.3 is 5.97 Å². The number of allylic oxidation sites excluding steroid dienone is 2. The number of carboxylic acids is 1. The molecule has 2 aliphatic carbocycles. The van der Waals surface area contributed by atoms with Gasteiger partial charge in [0, 0.05) is 6.54 Å². The molecule has 0 aromatic rings. The summed E-state index contributed by atoms with van der Waals surface area (Å²) < 4.78 is 0. The van der Waals surface area contributed by atoms with Crippen molar-refractivity contribution < 1.29 is 19.5 Å². The van der Waals surface area contributed by atoms with Crippen LogP contribution in [0.3, 0.4) is 0 Å². The highest BCUT2D eigenvalue weighted by Gasteiger charge is 2.58. The predicted octanol–water partition coefficient (Wildman–Crippen LogP) is 1.29. The molecule has 0 aromatic heterocycles. The van der Waals surface area contributed by atoms with Crippen molar-refractivity contribution in [1.29, 1.82) is 0 Å². The van der Waals surface area contributed by atoms with Gasteiger partial charge in [-0.1, -0.05) is 19.1 Å². The number of carbonyl (C=O) groups is 3. The molecular weight excluding hydrogens is 258 g/mol. The Hall–Kier alpha value is -1.65. The Morgan fingerprint density at radius 1 is 1.30 bits per heavy atom. The molecule has 5 nitrogen and oxygen atoms in total. The Labute approximate surface area is 117 Å². The lowest BCUT2D eigenvalue weighted by Gasteiger charge is -2.17. The molecule has 108 valence electrons. The third-order valence-electron chi connectivity index (χ3n) is 5.00. The van der Waals surface area contributed by atoms with E-state index in [9.17, 15) is 14.4 Å². The van der Waals surface area contributed by atoms with E-state index < -0.39 is 11.9 Å². The van der Waals surface area contributed by atoms with Gasteiger partial charge in [-0.3, -0.25) is 19.3 Å². The third kappa shape index (κ3) is 1.87. The number of carbonyl (C=O) groups excluding carboxylic acids is 2. The molecule has 1 N–H and O–H groups in total. The van der Waals surface area contributed by atoms with Gasteiger partial charge in [0.15, 0.2) is 0 Å². The number of rotatable bonds is 5. The molecule has 0 aromatic carbocycles. The van der Waals surface area contributed by atoms with Crippen molar-refractivity contribution in [2.75, 3.05) is 6.54 Å². The van der Waals surface area contributed by atoms with E-state index >= 15 is 0 Å². The van der Waals surface area contributed by atoms with Crippen LogP contribution in [0.15, 0.2) is 12.2 Å². The van der Waals surface area contributed by atoms with Crippen LogP contribution in [0, 0.1) is 29.6 Å². The van der Waals surface area contributed by atoms with Gasteiger partial charge in [0.2, 0.25) is 11.8 Å². The molecule has 5 heteroatoms. The number of fused-ring (bicyclic) bond motifs is 5. The minimum absolute atomic E-state index is 0.0418. The SMILES string of the molecule is CC(CCCN1C(=O)C2C3C=CC(C3)C2C1=O)C(=O)O. The van der Waals surface area contributed by atoms with E-state index in [1.54, 1.807) is 6.92 Å². The van der Waals surface area contributed by atoms with Crippen molar-refractivity contribution >= 4 is 17.8 Å². The van der Waals surface area contributed by atoms with E-state index in [0.717, 1.165) is 6.42 Å². The van der Waals surface area contributed by atoms with Crippen molar-refractivity contribution in [1.82, 2.24) is 4.90 Å². The maximum atomic E-state index is 12.4. The van der Waals surface area contributed by atoms with Crippen LogP contribution in [0.4, 0.5) is 0 Å². The smallest absolute Gasteiger partial charge is 0.306 e. The minimum atomic E-state index is -0.830. The van der Waals surface area contributed by atoms with Crippen molar-refractivity contribution in [3.05, 3.63) is 12.2 Å². The predicted molar refractivity (Wildman–Crippen MR) is 70.5 cm³/mol. The molecule has 20 heavy (non-hydrogen) atoms. The number of hydrogen-bond acceptors (Lipinski definition) is 3. The Balaban J connectivity index is 1.61. The average Bonchev–Trinajstić information content (AvgIpc) is 3.07. The van der Waals surface area contributed by atoms with Gasteiger partial charge in [-0.25, -0.2) is 0 Å².